The van der Waals surface area contributed by atoms with Gasteiger partial charge in [-0.3, -0.25) is 0 Å². The molecule has 2 fully saturated rings. The molecule has 2 rings (SSSR count). The molecule has 1 spiro atoms. The lowest BCUT2D eigenvalue weighted by atomic mass is 9.80. The molecule has 0 aromatic carbocycles. The first-order chi connectivity index (χ1) is 5.37. The summed E-state index contributed by atoms with van der Waals surface area (Å²) in [4.78, 5) is 9.93. The van der Waals surface area contributed by atoms with Crippen molar-refractivity contribution in [1.29, 1.82) is 0 Å². The summed E-state index contributed by atoms with van der Waals surface area (Å²) in [6, 6.07) is 0. The van der Waals surface area contributed by atoms with Crippen LogP contribution in [0.1, 0.15) is 32.1 Å². The zero-order chi connectivity index (χ0) is 7.73. The Labute approximate surface area is 66.2 Å². The van der Waals surface area contributed by atoms with Crippen LogP contribution >= 0.6 is 0 Å². The molecular weight excluding hydrogens is 144 g/mol. The third-order valence-electron chi connectivity index (χ3n) is 2.78. The highest BCUT2D eigenvalue weighted by molar-refractivity contribution is 4.94. The van der Waals surface area contributed by atoms with Gasteiger partial charge in [-0.1, -0.05) is 19.3 Å². The third-order valence-corrected chi connectivity index (χ3v) is 2.78. The van der Waals surface area contributed by atoms with E-state index in [-0.39, 0.29) is 18.3 Å². The Morgan fingerprint density at radius 1 is 1.27 bits per heavy atom. The molecule has 1 saturated heterocycles. The van der Waals surface area contributed by atoms with Gasteiger partial charge >= 0.3 is 0 Å². The summed E-state index contributed by atoms with van der Waals surface area (Å²) in [7, 11) is 0. The fourth-order valence-electron chi connectivity index (χ4n) is 2.00. The Balaban J connectivity index is 1.97. The lowest BCUT2D eigenvalue weighted by Gasteiger charge is -2.48. The van der Waals surface area contributed by atoms with Crippen LogP contribution in [0.5, 0.6) is 0 Å². The van der Waals surface area contributed by atoms with Gasteiger partial charge in [-0.05, 0) is 12.8 Å². The minimum atomic E-state index is -0.104. The lowest BCUT2D eigenvalue weighted by molar-refractivity contribution is -0.518. The van der Waals surface area contributed by atoms with Gasteiger partial charge in [0.2, 0.25) is 0 Å². The highest BCUT2D eigenvalue weighted by atomic mass is 17.3. The van der Waals surface area contributed by atoms with Gasteiger partial charge in [0.15, 0.2) is 0 Å². The van der Waals surface area contributed by atoms with Gasteiger partial charge in [0.25, 0.3) is 0 Å². The van der Waals surface area contributed by atoms with E-state index < -0.39 is 0 Å². The molecule has 1 heterocycles. The summed E-state index contributed by atoms with van der Waals surface area (Å²) in [6.45, 7) is 0.0972. The average molecular weight is 158 g/mol. The Morgan fingerprint density at radius 3 is 2.45 bits per heavy atom. The first kappa shape index (κ1) is 7.53. The molecule has 1 aliphatic heterocycles. The van der Waals surface area contributed by atoms with Crippen molar-refractivity contribution in [3.63, 3.8) is 0 Å². The van der Waals surface area contributed by atoms with Crippen molar-refractivity contribution in [3.05, 3.63) is 0 Å². The van der Waals surface area contributed by atoms with E-state index in [4.69, 9.17) is 14.9 Å². The van der Waals surface area contributed by atoms with Crippen molar-refractivity contribution in [2.45, 2.75) is 43.8 Å². The zero-order valence-electron chi connectivity index (χ0n) is 6.58. The maximum atomic E-state index is 8.90. The summed E-state index contributed by atoms with van der Waals surface area (Å²) in [5, 5.41) is 8.90. The van der Waals surface area contributed by atoms with Crippen LogP contribution in [0.4, 0.5) is 0 Å². The SMILES string of the molecule is OCC1OOC12CCCCC2. The van der Waals surface area contributed by atoms with Crippen molar-refractivity contribution in [2.75, 3.05) is 6.61 Å². The summed E-state index contributed by atoms with van der Waals surface area (Å²) >= 11 is 0. The number of aliphatic hydroxyl groups excluding tert-OH is 1. The van der Waals surface area contributed by atoms with Crippen LogP contribution in [0.25, 0.3) is 0 Å². The van der Waals surface area contributed by atoms with Crippen LogP contribution < -0.4 is 0 Å². The zero-order valence-corrected chi connectivity index (χ0v) is 6.58. The molecule has 1 saturated carbocycles. The van der Waals surface area contributed by atoms with E-state index in [0.717, 1.165) is 12.8 Å². The quantitative estimate of drug-likeness (QED) is 0.579. The normalized spacial score (nSPS) is 35.2. The summed E-state index contributed by atoms with van der Waals surface area (Å²) < 4.78 is 0. The molecule has 1 unspecified atom stereocenters. The Bertz CT molecular complexity index is 138. The second-order valence-corrected chi connectivity index (χ2v) is 3.48. The minimum absolute atomic E-state index is 0.0530. The highest BCUT2D eigenvalue weighted by Gasteiger charge is 2.51. The topological polar surface area (TPSA) is 38.7 Å². The number of rotatable bonds is 1. The molecule has 3 nitrogen and oxygen atoms in total. The molecule has 1 N–H and O–H groups in total. The van der Waals surface area contributed by atoms with E-state index in [9.17, 15) is 0 Å². The predicted octanol–water partition coefficient (Wildman–Crippen LogP) is 1.01. The first-order valence-electron chi connectivity index (χ1n) is 4.33. The third kappa shape index (κ3) is 1.08. The minimum Gasteiger partial charge on any atom is -0.393 e. The van der Waals surface area contributed by atoms with Gasteiger partial charge in [-0.2, -0.15) is 0 Å². The molecule has 0 radical (unpaired) electrons. The van der Waals surface area contributed by atoms with Crippen LogP contribution in [0.2, 0.25) is 0 Å². The Morgan fingerprint density at radius 2 is 2.00 bits per heavy atom. The summed E-state index contributed by atoms with van der Waals surface area (Å²) in [5.74, 6) is 0. The van der Waals surface area contributed by atoms with Crippen LogP contribution in [-0.2, 0) is 9.78 Å². The van der Waals surface area contributed by atoms with Gasteiger partial charge in [0, 0.05) is 0 Å². The van der Waals surface area contributed by atoms with Gasteiger partial charge in [-0.15, -0.1) is 0 Å². The maximum absolute atomic E-state index is 8.90. The fourth-order valence-corrected chi connectivity index (χ4v) is 2.00. The molecule has 0 amide bonds. The van der Waals surface area contributed by atoms with Crippen LogP contribution in [0.15, 0.2) is 0 Å². The largest absolute Gasteiger partial charge is 0.393 e. The van der Waals surface area contributed by atoms with Crippen LogP contribution in [0, 0.1) is 0 Å². The van der Waals surface area contributed by atoms with Crippen molar-refractivity contribution in [3.8, 4) is 0 Å². The monoisotopic (exact) mass is 158 g/mol. The molecule has 1 aliphatic carbocycles. The lowest BCUT2D eigenvalue weighted by Crippen LogP contribution is -2.58. The van der Waals surface area contributed by atoms with Crippen molar-refractivity contribution in [2.24, 2.45) is 0 Å². The Hall–Kier alpha value is -0.120. The van der Waals surface area contributed by atoms with Gasteiger partial charge < -0.3 is 5.11 Å². The second kappa shape index (κ2) is 2.73. The maximum Gasteiger partial charge on any atom is 0.148 e. The standard InChI is InChI=1S/C8H14O3/c9-6-7-8(11-10-7)4-2-1-3-5-8/h7,9H,1-6H2. The molecule has 3 heteroatoms. The Kier molecular flexibility index (Phi) is 1.87. The molecule has 11 heavy (non-hydrogen) atoms. The van der Waals surface area contributed by atoms with Crippen molar-refractivity contribution < 1.29 is 14.9 Å². The van der Waals surface area contributed by atoms with E-state index in [1.54, 1.807) is 0 Å². The highest BCUT2D eigenvalue weighted by Crippen LogP contribution is 2.42. The van der Waals surface area contributed by atoms with E-state index in [1.807, 2.05) is 0 Å². The van der Waals surface area contributed by atoms with E-state index in [2.05, 4.69) is 0 Å². The molecule has 0 aromatic rings. The van der Waals surface area contributed by atoms with Gasteiger partial charge in [0.1, 0.15) is 11.7 Å². The average Bonchev–Trinajstić information content (AvgIpc) is 2.05. The number of aliphatic hydroxyl groups is 1. The van der Waals surface area contributed by atoms with Gasteiger partial charge in [-0.25, -0.2) is 9.78 Å². The first-order valence-corrected chi connectivity index (χ1v) is 4.33. The van der Waals surface area contributed by atoms with Crippen LogP contribution in [0.3, 0.4) is 0 Å². The van der Waals surface area contributed by atoms with Gasteiger partial charge in [0.05, 0.1) is 6.61 Å². The predicted molar refractivity (Wildman–Crippen MR) is 38.9 cm³/mol. The van der Waals surface area contributed by atoms with Crippen molar-refractivity contribution in [1.82, 2.24) is 0 Å². The van der Waals surface area contributed by atoms with Crippen LogP contribution in [-0.4, -0.2) is 23.4 Å². The molecular formula is C8H14O3. The van der Waals surface area contributed by atoms with E-state index in [1.165, 1.54) is 19.3 Å². The molecule has 1 atom stereocenters. The van der Waals surface area contributed by atoms with Crippen molar-refractivity contribution >= 4 is 0 Å². The summed E-state index contributed by atoms with van der Waals surface area (Å²) in [6.07, 6.45) is 5.77. The van der Waals surface area contributed by atoms with E-state index in [0.29, 0.717) is 0 Å². The fraction of sp³-hybridized carbons (Fsp3) is 1.00. The molecule has 0 aromatic heterocycles. The number of hydrogen-bond acceptors (Lipinski definition) is 3. The van der Waals surface area contributed by atoms with E-state index >= 15 is 0 Å². The molecule has 2 aliphatic rings. The smallest absolute Gasteiger partial charge is 0.148 e. The summed E-state index contributed by atoms with van der Waals surface area (Å²) in [5.41, 5.74) is -0.104. The second-order valence-electron chi connectivity index (χ2n) is 3.48. The molecule has 0 bridgehead atoms. The number of hydrogen-bond donors (Lipinski definition) is 1. The molecule has 64 valence electrons.